The molecule has 0 spiro atoms. The second-order valence-corrected chi connectivity index (χ2v) is 5.13. The smallest absolute Gasteiger partial charge is 0.311 e. The number of carbonyl (C=O) groups is 1. The number of hydrogen-bond acceptors (Lipinski definition) is 3. The van der Waals surface area contributed by atoms with Crippen molar-refractivity contribution >= 4 is 5.97 Å². The van der Waals surface area contributed by atoms with Crippen LogP contribution in [0.2, 0.25) is 0 Å². The Balaban J connectivity index is 4.31. The Morgan fingerprint density at radius 1 is 1.27 bits per heavy atom. The standard InChI is InChI=1S/C12H24O3/c1-8(2)7-15-11(13)10(5)12(6,14)9(3)4/h8-10,14H,7H2,1-6H3. The summed E-state index contributed by atoms with van der Waals surface area (Å²) in [6.07, 6.45) is 0. The zero-order valence-corrected chi connectivity index (χ0v) is 10.7. The highest BCUT2D eigenvalue weighted by molar-refractivity contribution is 5.73. The van der Waals surface area contributed by atoms with Gasteiger partial charge in [0.05, 0.1) is 18.1 Å². The van der Waals surface area contributed by atoms with Crippen LogP contribution < -0.4 is 0 Å². The molecule has 0 saturated heterocycles. The quantitative estimate of drug-likeness (QED) is 0.717. The molecule has 0 amide bonds. The van der Waals surface area contributed by atoms with Gasteiger partial charge in [-0.05, 0) is 25.7 Å². The van der Waals surface area contributed by atoms with Gasteiger partial charge >= 0.3 is 5.97 Å². The van der Waals surface area contributed by atoms with Gasteiger partial charge in [0.1, 0.15) is 0 Å². The summed E-state index contributed by atoms with van der Waals surface area (Å²) in [4.78, 5) is 11.6. The molecule has 0 aliphatic rings. The Bertz CT molecular complexity index is 207. The minimum absolute atomic E-state index is 0.0269. The van der Waals surface area contributed by atoms with E-state index in [9.17, 15) is 9.90 Å². The number of rotatable bonds is 5. The van der Waals surface area contributed by atoms with Crippen molar-refractivity contribution in [3.63, 3.8) is 0 Å². The van der Waals surface area contributed by atoms with Crippen molar-refractivity contribution < 1.29 is 14.6 Å². The van der Waals surface area contributed by atoms with Gasteiger partial charge < -0.3 is 9.84 Å². The Hall–Kier alpha value is -0.570. The number of carbonyl (C=O) groups excluding carboxylic acids is 1. The molecule has 1 N–H and O–H groups in total. The Morgan fingerprint density at radius 2 is 1.73 bits per heavy atom. The highest BCUT2D eigenvalue weighted by Crippen LogP contribution is 2.26. The second-order valence-electron chi connectivity index (χ2n) is 5.13. The molecule has 0 saturated carbocycles. The van der Waals surface area contributed by atoms with Gasteiger partial charge in [0.2, 0.25) is 0 Å². The lowest BCUT2D eigenvalue weighted by atomic mass is 9.81. The van der Waals surface area contributed by atoms with Gasteiger partial charge in [-0.2, -0.15) is 0 Å². The van der Waals surface area contributed by atoms with Gasteiger partial charge in [-0.15, -0.1) is 0 Å². The molecule has 0 aliphatic heterocycles. The van der Waals surface area contributed by atoms with E-state index in [4.69, 9.17) is 4.74 Å². The lowest BCUT2D eigenvalue weighted by Gasteiger charge is -2.32. The van der Waals surface area contributed by atoms with E-state index in [2.05, 4.69) is 0 Å². The third kappa shape index (κ3) is 4.20. The first-order valence-corrected chi connectivity index (χ1v) is 5.58. The van der Waals surface area contributed by atoms with Crippen LogP contribution in [0.5, 0.6) is 0 Å². The first kappa shape index (κ1) is 14.4. The fourth-order valence-electron chi connectivity index (χ4n) is 1.11. The molecule has 0 heterocycles. The van der Waals surface area contributed by atoms with Crippen LogP contribution in [0.4, 0.5) is 0 Å². The van der Waals surface area contributed by atoms with E-state index in [1.54, 1.807) is 13.8 Å². The van der Waals surface area contributed by atoms with Crippen molar-refractivity contribution in [3.05, 3.63) is 0 Å². The topological polar surface area (TPSA) is 46.5 Å². The third-order valence-electron chi connectivity index (χ3n) is 2.96. The summed E-state index contributed by atoms with van der Waals surface area (Å²) in [7, 11) is 0. The molecule has 3 nitrogen and oxygen atoms in total. The maximum absolute atomic E-state index is 11.6. The average Bonchev–Trinajstić information content (AvgIpc) is 2.12. The van der Waals surface area contributed by atoms with Crippen molar-refractivity contribution in [2.45, 2.75) is 47.1 Å². The molecule has 2 atom stereocenters. The number of ether oxygens (including phenoxy) is 1. The van der Waals surface area contributed by atoms with Gasteiger partial charge in [-0.3, -0.25) is 4.79 Å². The van der Waals surface area contributed by atoms with Crippen LogP contribution >= 0.6 is 0 Å². The number of hydrogen-bond donors (Lipinski definition) is 1. The van der Waals surface area contributed by atoms with E-state index in [1.165, 1.54) is 0 Å². The van der Waals surface area contributed by atoms with E-state index < -0.39 is 11.5 Å². The van der Waals surface area contributed by atoms with Gasteiger partial charge in [-0.1, -0.05) is 27.7 Å². The van der Waals surface area contributed by atoms with Crippen molar-refractivity contribution in [2.75, 3.05) is 6.61 Å². The summed E-state index contributed by atoms with van der Waals surface area (Å²) >= 11 is 0. The van der Waals surface area contributed by atoms with E-state index >= 15 is 0 Å². The summed E-state index contributed by atoms with van der Waals surface area (Å²) in [5.41, 5.74) is -1.01. The largest absolute Gasteiger partial charge is 0.465 e. The Morgan fingerprint density at radius 3 is 2.07 bits per heavy atom. The first-order chi connectivity index (χ1) is 6.69. The summed E-state index contributed by atoms with van der Waals surface area (Å²) in [5, 5.41) is 10.1. The highest BCUT2D eigenvalue weighted by atomic mass is 16.5. The molecule has 0 radical (unpaired) electrons. The summed E-state index contributed by atoms with van der Waals surface area (Å²) in [5.74, 6) is -0.456. The van der Waals surface area contributed by atoms with Gasteiger partial charge in [-0.25, -0.2) is 0 Å². The van der Waals surface area contributed by atoms with Crippen LogP contribution in [0, 0.1) is 17.8 Å². The predicted molar refractivity (Wildman–Crippen MR) is 60.4 cm³/mol. The molecular formula is C12H24O3. The molecule has 3 heteroatoms. The summed E-state index contributed by atoms with van der Waals surface area (Å²) in [6, 6.07) is 0. The van der Waals surface area contributed by atoms with E-state index in [0.717, 1.165) is 0 Å². The van der Waals surface area contributed by atoms with Gasteiger partial charge in [0.15, 0.2) is 0 Å². The Kier molecular flexibility index (Phi) is 5.29. The van der Waals surface area contributed by atoms with Crippen LogP contribution in [0.1, 0.15) is 41.5 Å². The van der Waals surface area contributed by atoms with E-state index in [0.29, 0.717) is 12.5 Å². The average molecular weight is 216 g/mol. The molecule has 0 rings (SSSR count). The summed E-state index contributed by atoms with van der Waals surface area (Å²) < 4.78 is 5.10. The second kappa shape index (κ2) is 5.50. The maximum atomic E-state index is 11.6. The summed E-state index contributed by atoms with van der Waals surface area (Å²) in [6.45, 7) is 11.6. The van der Waals surface area contributed by atoms with Crippen molar-refractivity contribution in [1.29, 1.82) is 0 Å². The SMILES string of the molecule is CC(C)COC(=O)C(C)C(C)(O)C(C)C. The lowest BCUT2D eigenvalue weighted by molar-refractivity contribution is -0.160. The van der Waals surface area contributed by atoms with Crippen LogP contribution in [-0.2, 0) is 9.53 Å². The molecule has 0 aromatic carbocycles. The molecule has 0 fully saturated rings. The number of aliphatic hydroxyl groups is 1. The third-order valence-corrected chi connectivity index (χ3v) is 2.96. The molecule has 0 aromatic rings. The van der Waals surface area contributed by atoms with Crippen molar-refractivity contribution in [2.24, 2.45) is 17.8 Å². The van der Waals surface area contributed by atoms with Crippen LogP contribution in [0.3, 0.4) is 0 Å². The zero-order chi connectivity index (χ0) is 12.2. The molecule has 0 aliphatic carbocycles. The lowest BCUT2D eigenvalue weighted by Crippen LogP contribution is -2.43. The predicted octanol–water partition coefficient (Wildman–Crippen LogP) is 2.23. The minimum Gasteiger partial charge on any atom is -0.465 e. The maximum Gasteiger partial charge on any atom is 0.311 e. The molecular weight excluding hydrogens is 192 g/mol. The molecule has 2 unspecified atom stereocenters. The molecule has 90 valence electrons. The monoisotopic (exact) mass is 216 g/mol. The molecule has 15 heavy (non-hydrogen) atoms. The molecule has 0 bridgehead atoms. The fraction of sp³-hybridized carbons (Fsp3) is 0.917. The van der Waals surface area contributed by atoms with E-state index in [1.807, 2.05) is 27.7 Å². The van der Waals surface area contributed by atoms with Crippen LogP contribution in [0.25, 0.3) is 0 Å². The first-order valence-electron chi connectivity index (χ1n) is 5.58. The van der Waals surface area contributed by atoms with Gasteiger partial charge in [0.25, 0.3) is 0 Å². The normalized spacial score (nSPS) is 17.7. The fourth-order valence-corrected chi connectivity index (χ4v) is 1.11. The zero-order valence-electron chi connectivity index (χ0n) is 10.7. The van der Waals surface area contributed by atoms with Crippen molar-refractivity contribution in [1.82, 2.24) is 0 Å². The number of esters is 1. The Labute approximate surface area is 92.8 Å². The minimum atomic E-state index is -1.01. The van der Waals surface area contributed by atoms with Crippen LogP contribution in [0.15, 0.2) is 0 Å². The highest BCUT2D eigenvalue weighted by Gasteiger charge is 2.37. The molecule has 0 aromatic heterocycles. The van der Waals surface area contributed by atoms with Gasteiger partial charge in [0, 0.05) is 0 Å². The van der Waals surface area contributed by atoms with E-state index in [-0.39, 0.29) is 11.9 Å². The van der Waals surface area contributed by atoms with Crippen molar-refractivity contribution in [3.8, 4) is 0 Å². The van der Waals surface area contributed by atoms with Crippen LogP contribution in [-0.4, -0.2) is 23.3 Å².